The fraction of sp³-hybridized carbons (Fsp3) is 0.520. The van der Waals surface area contributed by atoms with Crippen molar-refractivity contribution in [3.8, 4) is 5.75 Å². The van der Waals surface area contributed by atoms with Crippen molar-refractivity contribution in [3.05, 3.63) is 65.2 Å². The van der Waals surface area contributed by atoms with Crippen LogP contribution in [-0.4, -0.2) is 48.2 Å². The number of rotatable bonds is 16. The maximum Gasteiger partial charge on any atom is 0.121 e. The molecule has 2 aromatic carbocycles. The first-order valence-electron chi connectivity index (χ1n) is 11.2. The minimum absolute atomic E-state index is 0.0460. The number of unbranched alkanes of at least 4 members (excludes halogenated alkanes) is 3. The lowest BCUT2D eigenvalue weighted by Gasteiger charge is -2.14. The smallest absolute Gasteiger partial charge is 0.121 e. The van der Waals surface area contributed by atoms with Crippen LogP contribution in [0.1, 0.15) is 61.5 Å². The van der Waals surface area contributed by atoms with Crippen molar-refractivity contribution in [2.24, 2.45) is 0 Å². The summed E-state index contributed by atoms with van der Waals surface area (Å²) in [7, 11) is 0. The van der Waals surface area contributed by atoms with E-state index in [0.717, 1.165) is 38.8 Å². The molecule has 0 radical (unpaired) electrons. The normalized spacial score (nSPS) is 13.3. The maximum absolute atomic E-state index is 10.2. The van der Waals surface area contributed by atoms with Crippen LogP contribution in [0, 0.1) is 0 Å². The van der Waals surface area contributed by atoms with Gasteiger partial charge >= 0.3 is 0 Å². The van der Waals surface area contributed by atoms with Crippen molar-refractivity contribution in [2.45, 2.75) is 51.4 Å². The third-order valence-corrected chi connectivity index (χ3v) is 5.25. The van der Waals surface area contributed by atoms with Gasteiger partial charge in [0.15, 0.2) is 0 Å². The summed E-state index contributed by atoms with van der Waals surface area (Å²) in [5.41, 5.74) is 2.30. The Morgan fingerprint density at radius 3 is 2.45 bits per heavy atom. The van der Waals surface area contributed by atoms with Crippen LogP contribution in [0.3, 0.4) is 0 Å². The van der Waals surface area contributed by atoms with Crippen molar-refractivity contribution >= 4 is 0 Å². The molecule has 0 amide bonds. The second kappa shape index (κ2) is 14.9. The Morgan fingerprint density at radius 1 is 0.903 bits per heavy atom. The molecule has 0 bridgehead atoms. The van der Waals surface area contributed by atoms with E-state index in [-0.39, 0.29) is 18.5 Å². The van der Waals surface area contributed by atoms with E-state index in [2.05, 4.69) is 24.4 Å². The standard InChI is InChI=1S/C25H37NO5/c1-20(21-9-5-4-6-10-21)31-16-15-30-14-8-3-2-7-13-26-18-25(29)22-11-12-24(28)23(17-22)19-27/h4-6,9-12,17,20,25-29H,2-3,7-8,13-16,18-19H2,1H3/t20-,25-/m0/s1. The topological polar surface area (TPSA) is 91.2 Å². The number of hydrogen-bond donors (Lipinski definition) is 4. The highest BCUT2D eigenvalue weighted by Crippen LogP contribution is 2.22. The van der Waals surface area contributed by atoms with Gasteiger partial charge < -0.3 is 30.1 Å². The predicted molar refractivity (Wildman–Crippen MR) is 122 cm³/mol. The average Bonchev–Trinajstić information content (AvgIpc) is 2.80. The second-order valence-corrected chi connectivity index (χ2v) is 7.72. The Kier molecular flexibility index (Phi) is 12.2. The third kappa shape index (κ3) is 9.80. The summed E-state index contributed by atoms with van der Waals surface area (Å²) in [5, 5.41) is 32.3. The molecule has 0 saturated heterocycles. The zero-order chi connectivity index (χ0) is 22.3. The van der Waals surface area contributed by atoms with Crippen LogP contribution < -0.4 is 5.32 Å². The number of benzene rings is 2. The fourth-order valence-electron chi connectivity index (χ4n) is 3.31. The molecule has 2 aromatic rings. The summed E-state index contributed by atoms with van der Waals surface area (Å²) in [6.07, 6.45) is 3.73. The van der Waals surface area contributed by atoms with E-state index in [0.29, 0.717) is 30.9 Å². The quantitative estimate of drug-likeness (QED) is 0.302. The van der Waals surface area contributed by atoms with Gasteiger partial charge in [-0.3, -0.25) is 0 Å². The molecule has 172 valence electrons. The zero-order valence-corrected chi connectivity index (χ0v) is 18.5. The highest BCUT2D eigenvalue weighted by molar-refractivity contribution is 5.36. The molecule has 6 nitrogen and oxygen atoms in total. The average molecular weight is 432 g/mol. The summed E-state index contributed by atoms with van der Waals surface area (Å²) in [6.45, 7) is 5.06. The third-order valence-electron chi connectivity index (χ3n) is 5.25. The Hall–Kier alpha value is -1.96. The van der Waals surface area contributed by atoms with E-state index >= 15 is 0 Å². The number of aliphatic hydroxyl groups excluding tert-OH is 2. The van der Waals surface area contributed by atoms with Gasteiger partial charge in [-0.25, -0.2) is 0 Å². The molecule has 0 aliphatic carbocycles. The lowest BCUT2D eigenvalue weighted by Crippen LogP contribution is -2.22. The molecular formula is C25H37NO5. The van der Waals surface area contributed by atoms with E-state index in [9.17, 15) is 15.3 Å². The Balaban J connectivity index is 1.41. The number of phenols is 1. The van der Waals surface area contributed by atoms with Gasteiger partial charge in [-0.1, -0.05) is 49.2 Å². The van der Waals surface area contributed by atoms with Crippen molar-refractivity contribution < 1.29 is 24.8 Å². The number of aromatic hydroxyl groups is 1. The van der Waals surface area contributed by atoms with Crippen LogP contribution in [0.15, 0.2) is 48.5 Å². The van der Waals surface area contributed by atoms with Crippen LogP contribution in [0.25, 0.3) is 0 Å². The molecular weight excluding hydrogens is 394 g/mol. The van der Waals surface area contributed by atoms with Gasteiger partial charge in [0.2, 0.25) is 0 Å². The molecule has 2 atom stereocenters. The summed E-state index contributed by atoms with van der Waals surface area (Å²) in [6, 6.07) is 15.0. The molecule has 4 N–H and O–H groups in total. The lowest BCUT2D eigenvalue weighted by molar-refractivity contribution is 0.0107. The van der Waals surface area contributed by atoms with Crippen molar-refractivity contribution in [2.75, 3.05) is 32.9 Å². The predicted octanol–water partition coefficient (Wildman–Crippen LogP) is 3.86. The second-order valence-electron chi connectivity index (χ2n) is 7.72. The number of hydrogen-bond acceptors (Lipinski definition) is 6. The van der Waals surface area contributed by atoms with Gasteiger partial charge in [0.1, 0.15) is 5.75 Å². The molecule has 31 heavy (non-hydrogen) atoms. The molecule has 0 aromatic heterocycles. The minimum Gasteiger partial charge on any atom is -0.508 e. The van der Waals surface area contributed by atoms with Crippen molar-refractivity contribution in [1.82, 2.24) is 5.32 Å². The van der Waals surface area contributed by atoms with Gasteiger partial charge in [-0.05, 0) is 49.6 Å². The van der Waals surface area contributed by atoms with E-state index < -0.39 is 6.10 Å². The fourth-order valence-corrected chi connectivity index (χ4v) is 3.31. The molecule has 2 rings (SSSR count). The van der Waals surface area contributed by atoms with E-state index in [1.54, 1.807) is 12.1 Å². The highest BCUT2D eigenvalue weighted by Gasteiger charge is 2.10. The number of ether oxygens (including phenoxy) is 2. The molecule has 0 aliphatic rings. The summed E-state index contributed by atoms with van der Waals surface area (Å²) >= 11 is 0. The summed E-state index contributed by atoms with van der Waals surface area (Å²) in [5.74, 6) is 0.0460. The van der Waals surface area contributed by atoms with Crippen molar-refractivity contribution in [3.63, 3.8) is 0 Å². The van der Waals surface area contributed by atoms with Gasteiger partial charge in [-0.2, -0.15) is 0 Å². The maximum atomic E-state index is 10.2. The molecule has 0 heterocycles. The number of aliphatic hydroxyl groups is 2. The van der Waals surface area contributed by atoms with Crippen molar-refractivity contribution in [1.29, 1.82) is 0 Å². The van der Waals surface area contributed by atoms with Crippen LogP contribution in [0.2, 0.25) is 0 Å². The monoisotopic (exact) mass is 431 g/mol. The Morgan fingerprint density at radius 2 is 1.68 bits per heavy atom. The van der Waals surface area contributed by atoms with Gasteiger partial charge in [0.05, 0.1) is 32.0 Å². The molecule has 0 unspecified atom stereocenters. The highest BCUT2D eigenvalue weighted by atomic mass is 16.5. The van der Waals surface area contributed by atoms with Gasteiger partial charge in [-0.15, -0.1) is 0 Å². The zero-order valence-electron chi connectivity index (χ0n) is 18.5. The molecule has 0 saturated carbocycles. The Bertz CT molecular complexity index is 725. The molecule has 0 aliphatic heterocycles. The van der Waals surface area contributed by atoms with E-state index in [1.165, 1.54) is 11.6 Å². The van der Waals surface area contributed by atoms with Crippen LogP contribution in [-0.2, 0) is 16.1 Å². The first-order chi connectivity index (χ1) is 15.1. The first-order valence-corrected chi connectivity index (χ1v) is 11.2. The molecule has 0 fully saturated rings. The van der Waals surface area contributed by atoms with Crippen LogP contribution in [0.4, 0.5) is 0 Å². The minimum atomic E-state index is -0.661. The SMILES string of the molecule is C[C@H](OCCOCCCCCCNC[C@H](O)c1ccc(O)c(CO)c1)c1ccccc1. The van der Waals surface area contributed by atoms with Gasteiger partial charge in [0.25, 0.3) is 0 Å². The van der Waals surface area contributed by atoms with Gasteiger partial charge in [0, 0.05) is 18.7 Å². The summed E-state index contributed by atoms with van der Waals surface area (Å²) in [4.78, 5) is 0. The van der Waals surface area contributed by atoms with Crippen LogP contribution in [0.5, 0.6) is 5.75 Å². The van der Waals surface area contributed by atoms with E-state index in [4.69, 9.17) is 9.47 Å². The molecule has 6 heteroatoms. The van der Waals surface area contributed by atoms with E-state index in [1.807, 2.05) is 18.2 Å². The Labute approximate surface area is 185 Å². The largest absolute Gasteiger partial charge is 0.508 e. The molecule has 0 spiro atoms. The summed E-state index contributed by atoms with van der Waals surface area (Å²) < 4.78 is 11.4. The van der Waals surface area contributed by atoms with Crippen LogP contribution >= 0.6 is 0 Å². The first kappa shape index (κ1) is 25.3. The lowest BCUT2D eigenvalue weighted by atomic mass is 10.1. The number of nitrogens with one attached hydrogen (secondary N) is 1.